The van der Waals surface area contributed by atoms with E-state index in [0.29, 0.717) is 17.2 Å². The van der Waals surface area contributed by atoms with Gasteiger partial charge in [0.1, 0.15) is 5.82 Å². The average molecular weight is 380 g/mol. The number of halogens is 1. The molecule has 7 nitrogen and oxygen atoms in total. The number of fused-ring (bicyclic) bond motifs is 1. The lowest BCUT2D eigenvalue weighted by Crippen LogP contribution is -2.33. The molecule has 138 valence electrons. The van der Waals surface area contributed by atoms with Gasteiger partial charge in [0.05, 0.1) is 11.9 Å². The van der Waals surface area contributed by atoms with Gasteiger partial charge in [-0.3, -0.25) is 9.10 Å². The first-order valence-electron chi connectivity index (χ1n) is 7.76. The van der Waals surface area contributed by atoms with Crippen LogP contribution in [0.2, 0.25) is 0 Å². The minimum Gasteiger partial charge on any atom is -0.454 e. The average Bonchev–Trinajstić information content (AvgIpc) is 3.03. The van der Waals surface area contributed by atoms with Crippen molar-refractivity contribution in [1.82, 2.24) is 0 Å². The molecule has 1 aliphatic heterocycles. The van der Waals surface area contributed by atoms with Crippen molar-refractivity contribution in [2.45, 2.75) is 6.42 Å². The summed E-state index contributed by atoms with van der Waals surface area (Å²) in [6.07, 6.45) is 0.824. The van der Waals surface area contributed by atoms with Crippen molar-refractivity contribution >= 4 is 27.3 Å². The molecular weight excluding hydrogens is 363 g/mol. The van der Waals surface area contributed by atoms with E-state index in [9.17, 15) is 17.6 Å². The van der Waals surface area contributed by atoms with E-state index in [4.69, 9.17) is 9.47 Å². The number of nitrogens with one attached hydrogen (secondary N) is 1. The molecule has 26 heavy (non-hydrogen) atoms. The van der Waals surface area contributed by atoms with Gasteiger partial charge in [-0.05, 0) is 24.3 Å². The molecule has 0 unspecified atom stereocenters. The Bertz CT molecular complexity index is 933. The smallest absolute Gasteiger partial charge is 0.232 e. The third-order valence-electron chi connectivity index (χ3n) is 3.72. The molecular formula is C17H17FN2O5S. The Labute approximate surface area is 150 Å². The van der Waals surface area contributed by atoms with E-state index in [1.54, 1.807) is 18.2 Å². The first-order valence-corrected chi connectivity index (χ1v) is 9.61. The molecule has 0 atom stereocenters. The van der Waals surface area contributed by atoms with Gasteiger partial charge in [0.2, 0.25) is 22.7 Å². The summed E-state index contributed by atoms with van der Waals surface area (Å²) in [5.41, 5.74) is 0.405. The second-order valence-corrected chi connectivity index (χ2v) is 7.56. The van der Waals surface area contributed by atoms with Crippen molar-refractivity contribution in [2.24, 2.45) is 0 Å². The third kappa shape index (κ3) is 4.05. The van der Waals surface area contributed by atoms with Crippen LogP contribution in [0.15, 0.2) is 42.5 Å². The maximum atomic E-state index is 13.9. The number of hydrogen-bond donors (Lipinski definition) is 1. The summed E-state index contributed by atoms with van der Waals surface area (Å²) >= 11 is 0. The van der Waals surface area contributed by atoms with E-state index in [0.717, 1.165) is 10.6 Å². The first kappa shape index (κ1) is 18.0. The lowest BCUT2D eigenvalue weighted by atomic mass is 10.2. The molecule has 3 rings (SSSR count). The zero-order chi connectivity index (χ0) is 18.7. The van der Waals surface area contributed by atoms with Gasteiger partial charge in [0.25, 0.3) is 0 Å². The molecule has 0 saturated carbocycles. The summed E-state index contributed by atoms with van der Waals surface area (Å²) in [5, 5.41) is 2.65. The molecule has 1 amide bonds. The number of carbonyl (C=O) groups excluding carboxylic acids is 1. The maximum absolute atomic E-state index is 13.9. The highest BCUT2D eigenvalue weighted by molar-refractivity contribution is 7.92. The predicted octanol–water partition coefficient (Wildman–Crippen LogP) is 2.35. The van der Waals surface area contributed by atoms with Gasteiger partial charge in [-0.2, -0.15) is 0 Å². The quantitative estimate of drug-likeness (QED) is 0.832. The lowest BCUT2D eigenvalue weighted by molar-refractivity contribution is -0.116. The zero-order valence-electron chi connectivity index (χ0n) is 13.9. The van der Waals surface area contributed by atoms with Crippen molar-refractivity contribution < 1.29 is 27.1 Å². The van der Waals surface area contributed by atoms with Crippen LogP contribution in [-0.4, -0.2) is 33.9 Å². The van der Waals surface area contributed by atoms with Crippen LogP contribution in [-0.2, 0) is 14.8 Å². The standard InChI is InChI=1S/C17H17FN2O5S/c1-26(22,23)20(14-5-3-2-4-13(14)18)9-8-17(21)19-12-6-7-15-16(10-12)25-11-24-15/h2-7,10H,8-9,11H2,1H3,(H,19,21). The molecule has 1 heterocycles. The molecule has 0 fully saturated rings. The minimum atomic E-state index is -3.74. The molecule has 0 aromatic heterocycles. The first-order chi connectivity index (χ1) is 12.3. The number of anilines is 2. The molecule has 1 N–H and O–H groups in total. The second kappa shape index (κ2) is 7.20. The Hall–Kier alpha value is -2.81. The third-order valence-corrected chi connectivity index (χ3v) is 4.90. The van der Waals surface area contributed by atoms with Gasteiger partial charge in [0, 0.05) is 24.7 Å². The van der Waals surface area contributed by atoms with Gasteiger partial charge in [-0.25, -0.2) is 12.8 Å². The molecule has 0 saturated heterocycles. The van der Waals surface area contributed by atoms with Crippen LogP contribution in [0, 0.1) is 5.82 Å². The van der Waals surface area contributed by atoms with Gasteiger partial charge < -0.3 is 14.8 Å². The monoisotopic (exact) mass is 380 g/mol. The number of amides is 1. The summed E-state index contributed by atoms with van der Waals surface area (Å²) in [6, 6.07) is 10.4. The van der Waals surface area contributed by atoms with E-state index in [1.807, 2.05) is 0 Å². The Balaban J connectivity index is 1.67. The van der Waals surface area contributed by atoms with Crippen molar-refractivity contribution in [3.8, 4) is 11.5 Å². The van der Waals surface area contributed by atoms with Crippen LogP contribution in [0.1, 0.15) is 6.42 Å². The van der Waals surface area contributed by atoms with Crippen molar-refractivity contribution in [2.75, 3.05) is 29.2 Å². The fourth-order valence-electron chi connectivity index (χ4n) is 2.52. The van der Waals surface area contributed by atoms with Crippen LogP contribution in [0.25, 0.3) is 0 Å². The highest BCUT2D eigenvalue weighted by Gasteiger charge is 2.21. The molecule has 0 spiro atoms. The van der Waals surface area contributed by atoms with Crippen LogP contribution < -0.4 is 19.1 Å². The number of hydrogen-bond acceptors (Lipinski definition) is 5. The fraction of sp³-hybridized carbons (Fsp3) is 0.235. The van der Waals surface area contributed by atoms with Gasteiger partial charge in [-0.1, -0.05) is 12.1 Å². The minimum absolute atomic E-state index is 0.0918. The zero-order valence-corrected chi connectivity index (χ0v) is 14.8. The van der Waals surface area contributed by atoms with Crippen LogP contribution in [0.4, 0.5) is 15.8 Å². The molecule has 2 aromatic rings. The number of para-hydroxylation sites is 1. The number of benzene rings is 2. The van der Waals surface area contributed by atoms with E-state index in [2.05, 4.69) is 5.32 Å². The number of rotatable bonds is 6. The predicted molar refractivity (Wildman–Crippen MR) is 94.4 cm³/mol. The fourth-order valence-corrected chi connectivity index (χ4v) is 3.45. The van der Waals surface area contributed by atoms with Crippen molar-refractivity contribution in [3.05, 3.63) is 48.3 Å². The SMILES string of the molecule is CS(=O)(=O)N(CCC(=O)Nc1ccc2c(c1)OCO2)c1ccccc1F. The molecule has 1 aliphatic rings. The summed E-state index contributed by atoms with van der Waals surface area (Å²) in [6.45, 7) is -0.0607. The second-order valence-electron chi connectivity index (χ2n) is 5.65. The topological polar surface area (TPSA) is 84.9 Å². The number of carbonyl (C=O) groups is 1. The van der Waals surface area contributed by atoms with Gasteiger partial charge in [0.15, 0.2) is 11.5 Å². The van der Waals surface area contributed by atoms with Crippen LogP contribution >= 0.6 is 0 Å². The lowest BCUT2D eigenvalue weighted by Gasteiger charge is -2.22. The summed E-state index contributed by atoms with van der Waals surface area (Å²) in [4.78, 5) is 12.2. The molecule has 0 radical (unpaired) electrons. The van der Waals surface area contributed by atoms with Crippen LogP contribution in [0.3, 0.4) is 0 Å². The number of ether oxygens (including phenoxy) is 2. The highest BCUT2D eigenvalue weighted by atomic mass is 32.2. The Morgan fingerprint density at radius 3 is 2.65 bits per heavy atom. The van der Waals surface area contributed by atoms with Crippen molar-refractivity contribution in [1.29, 1.82) is 0 Å². The highest BCUT2D eigenvalue weighted by Crippen LogP contribution is 2.34. The molecule has 0 aliphatic carbocycles. The van der Waals surface area contributed by atoms with E-state index >= 15 is 0 Å². The maximum Gasteiger partial charge on any atom is 0.232 e. The Kier molecular flexibility index (Phi) is 4.99. The number of sulfonamides is 1. The Morgan fingerprint density at radius 2 is 1.92 bits per heavy atom. The molecule has 9 heteroatoms. The van der Waals surface area contributed by atoms with Crippen molar-refractivity contribution in [3.63, 3.8) is 0 Å². The van der Waals surface area contributed by atoms with Crippen LogP contribution in [0.5, 0.6) is 11.5 Å². The van der Waals surface area contributed by atoms with Gasteiger partial charge in [-0.15, -0.1) is 0 Å². The van der Waals surface area contributed by atoms with Gasteiger partial charge >= 0.3 is 0 Å². The molecule has 2 aromatic carbocycles. The largest absolute Gasteiger partial charge is 0.454 e. The number of nitrogens with zero attached hydrogens (tertiary/aromatic N) is 1. The van der Waals surface area contributed by atoms with E-state index in [-0.39, 0.29) is 25.4 Å². The summed E-state index contributed by atoms with van der Waals surface area (Å²) < 4.78 is 49.2. The van der Waals surface area contributed by atoms with E-state index in [1.165, 1.54) is 24.3 Å². The summed E-state index contributed by atoms with van der Waals surface area (Å²) in [5.74, 6) is 0.0284. The van der Waals surface area contributed by atoms with E-state index < -0.39 is 21.7 Å². The summed E-state index contributed by atoms with van der Waals surface area (Å²) in [7, 11) is -3.74. The Morgan fingerprint density at radius 1 is 1.19 bits per heavy atom. The molecule has 0 bridgehead atoms. The normalized spacial score (nSPS) is 12.7.